The summed E-state index contributed by atoms with van der Waals surface area (Å²) in [5, 5.41) is 13.8. The highest BCUT2D eigenvalue weighted by molar-refractivity contribution is 6.30. The second kappa shape index (κ2) is 5.40. The highest BCUT2D eigenvalue weighted by atomic mass is 35.5. The van der Waals surface area contributed by atoms with E-state index < -0.39 is 11.4 Å². The molecule has 0 radical (unpaired) electrons. The first-order valence-corrected chi connectivity index (χ1v) is 6.00. The number of nitriles is 1. The first-order chi connectivity index (χ1) is 8.35. The minimum atomic E-state index is -1.24. The van der Waals surface area contributed by atoms with Gasteiger partial charge in [0, 0.05) is 19.0 Å². The van der Waals surface area contributed by atoms with Gasteiger partial charge >= 0.3 is 5.97 Å². The number of esters is 1. The molecule has 5 nitrogen and oxygen atoms in total. The highest BCUT2D eigenvalue weighted by Gasteiger charge is 2.37. The Bertz CT molecular complexity index is 504. The molecule has 6 heteroatoms. The van der Waals surface area contributed by atoms with Crippen molar-refractivity contribution < 1.29 is 9.53 Å². The van der Waals surface area contributed by atoms with Crippen molar-refractivity contribution in [1.29, 1.82) is 5.26 Å². The van der Waals surface area contributed by atoms with Crippen LogP contribution in [0.25, 0.3) is 0 Å². The van der Waals surface area contributed by atoms with Crippen molar-refractivity contribution in [3.05, 3.63) is 16.4 Å². The van der Waals surface area contributed by atoms with Crippen molar-refractivity contribution in [2.24, 2.45) is 12.5 Å². The third kappa shape index (κ3) is 2.65. The lowest BCUT2D eigenvalue weighted by Crippen LogP contribution is -2.31. The number of aromatic nitrogens is 2. The van der Waals surface area contributed by atoms with Crippen molar-refractivity contribution in [2.75, 3.05) is 6.61 Å². The van der Waals surface area contributed by atoms with Gasteiger partial charge in [0.05, 0.1) is 18.4 Å². The number of hydrogen-bond donors (Lipinski definition) is 0. The largest absolute Gasteiger partial charge is 0.465 e. The van der Waals surface area contributed by atoms with E-state index in [-0.39, 0.29) is 13.0 Å². The number of carbonyl (C=O) groups excluding carboxylic acids is 1. The topological polar surface area (TPSA) is 67.9 Å². The van der Waals surface area contributed by atoms with E-state index in [1.165, 1.54) is 4.68 Å². The molecule has 1 rings (SSSR count). The summed E-state index contributed by atoms with van der Waals surface area (Å²) in [5.41, 5.74) is 0.178. The summed E-state index contributed by atoms with van der Waals surface area (Å²) in [6.45, 7) is 5.30. The molecular weight excluding hydrogens is 254 g/mol. The fourth-order valence-corrected chi connectivity index (χ4v) is 1.92. The van der Waals surface area contributed by atoms with E-state index in [2.05, 4.69) is 5.10 Å². The van der Waals surface area contributed by atoms with E-state index >= 15 is 0 Å². The molecule has 1 aromatic rings. The zero-order valence-electron chi connectivity index (χ0n) is 11.0. The Balaban J connectivity index is 3.07. The minimum absolute atomic E-state index is 0.195. The Morgan fingerprint density at radius 3 is 2.67 bits per heavy atom. The quantitative estimate of drug-likeness (QED) is 0.784. The van der Waals surface area contributed by atoms with Gasteiger partial charge in [0.25, 0.3) is 0 Å². The molecule has 18 heavy (non-hydrogen) atoms. The fourth-order valence-electron chi connectivity index (χ4n) is 1.68. The predicted molar refractivity (Wildman–Crippen MR) is 67.0 cm³/mol. The standard InChI is InChI=1S/C12H16ClN3O2/c1-5-18-11(17)12(3,7-14)6-9-8(2)15-16(4)10(9)13/h5-6H2,1-4H3. The molecule has 1 atom stereocenters. The first kappa shape index (κ1) is 14.5. The monoisotopic (exact) mass is 269 g/mol. The van der Waals surface area contributed by atoms with Gasteiger partial charge in [-0.25, -0.2) is 0 Å². The molecule has 0 saturated heterocycles. The van der Waals surface area contributed by atoms with E-state index in [0.717, 1.165) is 0 Å². The van der Waals surface area contributed by atoms with Gasteiger partial charge in [-0.15, -0.1) is 0 Å². The molecule has 0 aliphatic heterocycles. The average Bonchev–Trinajstić information content (AvgIpc) is 2.56. The molecule has 0 fully saturated rings. The Labute approximate surface area is 111 Å². The van der Waals surface area contributed by atoms with Crippen LogP contribution >= 0.6 is 11.6 Å². The smallest absolute Gasteiger partial charge is 0.326 e. The van der Waals surface area contributed by atoms with E-state index in [4.69, 9.17) is 16.3 Å². The molecule has 0 aliphatic rings. The third-order valence-electron chi connectivity index (χ3n) is 2.77. The van der Waals surface area contributed by atoms with Crippen molar-refractivity contribution in [3.8, 4) is 6.07 Å². The van der Waals surface area contributed by atoms with Crippen molar-refractivity contribution in [1.82, 2.24) is 9.78 Å². The zero-order valence-corrected chi connectivity index (χ0v) is 11.7. The number of ether oxygens (including phenoxy) is 1. The van der Waals surface area contributed by atoms with Crippen LogP contribution in [0.5, 0.6) is 0 Å². The lowest BCUT2D eigenvalue weighted by atomic mass is 9.85. The van der Waals surface area contributed by atoms with Gasteiger partial charge < -0.3 is 4.74 Å². The summed E-state index contributed by atoms with van der Waals surface area (Å²) in [6.07, 6.45) is 0.195. The summed E-state index contributed by atoms with van der Waals surface area (Å²) < 4.78 is 6.45. The van der Waals surface area contributed by atoms with Gasteiger partial charge in [0.1, 0.15) is 5.15 Å². The van der Waals surface area contributed by atoms with Crippen LogP contribution in [0.3, 0.4) is 0 Å². The summed E-state index contributed by atoms with van der Waals surface area (Å²) in [4.78, 5) is 11.8. The highest BCUT2D eigenvalue weighted by Crippen LogP contribution is 2.29. The van der Waals surface area contributed by atoms with Gasteiger partial charge in [-0.2, -0.15) is 10.4 Å². The number of halogens is 1. The number of carbonyl (C=O) groups is 1. The van der Waals surface area contributed by atoms with Crippen LogP contribution < -0.4 is 0 Å². The number of hydrogen-bond acceptors (Lipinski definition) is 4. The molecule has 1 heterocycles. The molecular formula is C12H16ClN3O2. The number of nitrogens with zero attached hydrogens (tertiary/aromatic N) is 3. The second-order valence-corrected chi connectivity index (χ2v) is 4.68. The van der Waals surface area contributed by atoms with Gasteiger partial charge in [0.15, 0.2) is 5.41 Å². The van der Waals surface area contributed by atoms with Gasteiger partial charge in [-0.3, -0.25) is 9.48 Å². The van der Waals surface area contributed by atoms with Gasteiger partial charge in [-0.05, 0) is 20.8 Å². The van der Waals surface area contributed by atoms with Crippen LogP contribution in [0.15, 0.2) is 0 Å². The molecule has 0 spiro atoms. The van der Waals surface area contributed by atoms with Crippen LogP contribution in [-0.2, 0) is 23.0 Å². The maximum atomic E-state index is 11.8. The molecule has 1 unspecified atom stereocenters. The molecule has 0 saturated carbocycles. The van der Waals surface area contributed by atoms with Gasteiger partial charge in [0.2, 0.25) is 0 Å². The Morgan fingerprint density at radius 2 is 2.28 bits per heavy atom. The van der Waals surface area contributed by atoms with Gasteiger partial charge in [-0.1, -0.05) is 11.6 Å². The maximum absolute atomic E-state index is 11.8. The summed E-state index contributed by atoms with van der Waals surface area (Å²) in [5.74, 6) is -0.535. The van der Waals surface area contributed by atoms with Crippen LogP contribution in [0, 0.1) is 23.7 Å². The Kier molecular flexibility index (Phi) is 4.36. The Hall–Kier alpha value is -1.54. The zero-order chi connectivity index (χ0) is 13.9. The summed E-state index contributed by atoms with van der Waals surface area (Å²) in [7, 11) is 1.72. The lowest BCUT2D eigenvalue weighted by molar-refractivity contribution is -0.151. The SMILES string of the molecule is CCOC(=O)C(C)(C#N)Cc1c(C)nn(C)c1Cl. The summed E-state index contributed by atoms with van der Waals surface area (Å²) in [6, 6.07) is 2.00. The number of aryl methyl sites for hydroxylation is 2. The van der Waals surface area contributed by atoms with Crippen LogP contribution in [-0.4, -0.2) is 22.4 Å². The van der Waals surface area contributed by atoms with Crippen LogP contribution in [0.2, 0.25) is 5.15 Å². The Morgan fingerprint density at radius 1 is 1.67 bits per heavy atom. The molecule has 0 aromatic carbocycles. The van der Waals surface area contributed by atoms with Crippen molar-refractivity contribution >= 4 is 17.6 Å². The molecule has 0 bridgehead atoms. The van der Waals surface area contributed by atoms with Crippen LogP contribution in [0.1, 0.15) is 25.1 Å². The molecule has 1 aromatic heterocycles. The van der Waals surface area contributed by atoms with E-state index in [1.54, 1.807) is 27.8 Å². The fraction of sp³-hybridized carbons (Fsp3) is 0.583. The minimum Gasteiger partial charge on any atom is -0.465 e. The normalized spacial score (nSPS) is 13.8. The van der Waals surface area contributed by atoms with E-state index in [1.807, 2.05) is 6.07 Å². The van der Waals surface area contributed by atoms with Crippen LogP contribution in [0.4, 0.5) is 0 Å². The van der Waals surface area contributed by atoms with E-state index in [9.17, 15) is 10.1 Å². The lowest BCUT2D eigenvalue weighted by Gasteiger charge is -2.19. The second-order valence-electron chi connectivity index (χ2n) is 4.32. The number of rotatable bonds is 4. The first-order valence-electron chi connectivity index (χ1n) is 5.62. The summed E-state index contributed by atoms with van der Waals surface area (Å²) >= 11 is 6.10. The molecule has 0 aliphatic carbocycles. The van der Waals surface area contributed by atoms with Crippen molar-refractivity contribution in [3.63, 3.8) is 0 Å². The average molecular weight is 270 g/mol. The maximum Gasteiger partial charge on any atom is 0.326 e. The van der Waals surface area contributed by atoms with Crippen molar-refractivity contribution in [2.45, 2.75) is 27.2 Å². The molecule has 0 N–H and O–H groups in total. The third-order valence-corrected chi connectivity index (χ3v) is 3.25. The molecule has 0 amide bonds. The molecule has 98 valence electrons. The van der Waals surface area contributed by atoms with E-state index in [0.29, 0.717) is 16.4 Å². The predicted octanol–water partition coefficient (Wildman–Crippen LogP) is 2.02.